The van der Waals surface area contributed by atoms with E-state index in [1.54, 1.807) is 13.1 Å². The van der Waals surface area contributed by atoms with Gasteiger partial charge in [0.05, 0.1) is 11.3 Å². The molecule has 0 aromatic carbocycles. The fraction of sp³-hybridized carbons (Fsp3) is 0.400. The number of nitrogens with two attached hydrogens (primary N) is 1. The zero-order chi connectivity index (χ0) is 15.9. The number of hydrogen-bond acceptors (Lipinski definition) is 5. The van der Waals surface area contributed by atoms with Crippen molar-refractivity contribution in [3.05, 3.63) is 40.0 Å². The van der Waals surface area contributed by atoms with Crippen molar-refractivity contribution in [2.24, 2.45) is 0 Å². The van der Waals surface area contributed by atoms with Gasteiger partial charge in [0.2, 0.25) is 5.95 Å². The minimum atomic E-state index is -0.884. The van der Waals surface area contributed by atoms with Crippen LogP contribution in [0.15, 0.2) is 6.20 Å². The number of hydrogen-bond donors (Lipinski definition) is 3. The van der Waals surface area contributed by atoms with Crippen LogP contribution >= 0.6 is 0 Å². The predicted molar refractivity (Wildman–Crippen MR) is 81.5 cm³/mol. The predicted octanol–water partition coefficient (Wildman–Crippen LogP) is 1.26. The van der Waals surface area contributed by atoms with Crippen molar-refractivity contribution in [3.8, 4) is 0 Å². The van der Waals surface area contributed by atoms with Gasteiger partial charge < -0.3 is 15.8 Å². The normalized spacial score (nSPS) is 14.8. The summed E-state index contributed by atoms with van der Waals surface area (Å²) >= 11 is 0. The number of aromatic amines is 1. The Morgan fingerprint density at radius 3 is 2.95 bits per heavy atom. The topological polar surface area (TPSA) is 108 Å². The third kappa shape index (κ3) is 2.55. The maximum atomic E-state index is 11.3. The number of nitrogens with one attached hydrogen (secondary N) is 1. The van der Waals surface area contributed by atoms with Crippen molar-refractivity contribution in [3.63, 3.8) is 0 Å². The molecule has 7 nitrogen and oxygen atoms in total. The number of carboxylic acids is 1. The summed E-state index contributed by atoms with van der Waals surface area (Å²) in [7, 11) is 0. The van der Waals surface area contributed by atoms with Gasteiger partial charge in [-0.15, -0.1) is 0 Å². The Morgan fingerprint density at radius 2 is 2.27 bits per heavy atom. The lowest BCUT2D eigenvalue weighted by Crippen LogP contribution is -2.31. The first-order valence-electron chi connectivity index (χ1n) is 7.19. The lowest BCUT2D eigenvalue weighted by atomic mass is 10.1. The van der Waals surface area contributed by atoms with Gasteiger partial charge in [0.1, 0.15) is 0 Å². The second kappa shape index (κ2) is 5.42. The molecule has 0 unspecified atom stereocenters. The largest absolute Gasteiger partial charge is 0.478 e. The van der Waals surface area contributed by atoms with Crippen molar-refractivity contribution >= 4 is 11.9 Å². The van der Waals surface area contributed by atoms with Crippen LogP contribution in [0.1, 0.15) is 38.6 Å². The highest BCUT2D eigenvalue weighted by atomic mass is 16.4. The van der Waals surface area contributed by atoms with Gasteiger partial charge in [-0.2, -0.15) is 0 Å². The van der Waals surface area contributed by atoms with Crippen LogP contribution in [0.4, 0.5) is 5.95 Å². The maximum Gasteiger partial charge on any atom is 0.337 e. The number of anilines is 1. The number of aryl methyl sites for hydroxylation is 1. The van der Waals surface area contributed by atoms with Gasteiger partial charge in [-0.3, -0.25) is 4.90 Å². The standard InChI is InChI=1S/C15H19N5O2/c1-8-12(18-9(2)13(8)14(21)22)7-20-4-3-11-10(6-20)5-17-15(16)19-11/h5,18H,3-4,6-7H2,1-2H3,(H,21,22)(H2,16,17,19). The molecule has 0 spiro atoms. The number of aromatic carboxylic acids is 1. The van der Waals surface area contributed by atoms with E-state index >= 15 is 0 Å². The number of fused-ring (bicyclic) bond motifs is 1. The minimum Gasteiger partial charge on any atom is -0.478 e. The molecule has 0 fully saturated rings. The van der Waals surface area contributed by atoms with Gasteiger partial charge in [-0.25, -0.2) is 14.8 Å². The van der Waals surface area contributed by atoms with E-state index in [1.807, 2.05) is 6.92 Å². The van der Waals surface area contributed by atoms with Gasteiger partial charge in [0, 0.05) is 49.2 Å². The minimum absolute atomic E-state index is 0.314. The van der Waals surface area contributed by atoms with Crippen molar-refractivity contribution in [1.82, 2.24) is 19.9 Å². The molecule has 0 radical (unpaired) electrons. The zero-order valence-corrected chi connectivity index (χ0v) is 12.7. The summed E-state index contributed by atoms with van der Waals surface area (Å²) in [5, 5.41) is 9.26. The molecule has 3 rings (SSSR count). The third-order valence-corrected chi connectivity index (χ3v) is 4.17. The number of rotatable bonds is 3. The van der Waals surface area contributed by atoms with Gasteiger partial charge in [0.25, 0.3) is 0 Å². The first kappa shape index (κ1) is 14.5. The molecule has 0 aliphatic carbocycles. The summed E-state index contributed by atoms with van der Waals surface area (Å²) in [5.41, 5.74) is 10.5. The van der Waals surface area contributed by atoms with Crippen LogP contribution in [0, 0.1) is 13.8 Å². The van der Waals surface area contributed by atoms with Crippen LogP contribution in [-0.2, 0) is 19.5 Å². The Balaban J connectivity index is 1.79. The number of H-pyrrole nitrogens is 1. The van der Waals surface area contributed by atoms with Gasteiger partial charge in [-0.05, 0) is 19.4 Å². The van der Waals surface area contributed by atoms with Crippen molar-refractivity contribution < 1.29 is 9.90 Å². The lowest BCUT2D eigenvalue weighted by Gasteiger charge is -2.27. The molecule has 7 heteroatoms. The molecule has 0 saturated carbocycles. The van der Waals surface area contributed by atoms with Crippen LogP contribution < -0.4 is 5.73 Å². The van der Waals surface area contributed by atoms with E-state index in [-0.39, 0.29) is 0 Å². The second-order valence-electron chi connectivity index (χ2n) is 5.69. The summed E-state index contributed by atoms with van der Waals surface area (Å²) in [6.07, 6.45) is 2.60. The summed E-state index contributed by atoms with van der Waals surface area (Å²) in [6, 6.07) is 0. The Bertz CT molecular complexity index is 738. The molecule has 0 amide bonds. The van der Waals surface area contributed by atoms with E-state index in [4.69, 9.17) is 5.73 Å². The van der Waals surface area contributed by atoms with Crippen LogP contribution in [0.5, 0.6) is 0 Å². The Morgan fingerprint density at radius 1 is 1.50 bits per heavy atom. The maximum absolute atomic E-state index is 11.3. The van der Waals surface area contributed by atoms with Crippen LogP contribution in [0.25, 0.3) is 0 Å². The second-order valence-corrected chi connectivity index (χ2v) is 5.69. The van der Waals surface area contributed by atoms with Crippen LogP contribution in [-0.4, -0.2) is 37.5 Å². The van der Waals surface area contributed by atoms with Gasteiger partial charge >= 0.3 is 5.97 Å². The van der Waals surface area contributed by atoms with E-state index in [1.165, 1.54) is 0 Å². The quantitative estimate of drug-likeness (QED) is 0.787. The molecule has 3 heterocycles. The van der Waals surface area contributed by atoms with Crippen LogP contribution in [0.2, 0.25) is 0 Å². The Kier molecular flexibility index (Phi) is 3.58. The van der Waals surface area contributed by atoms with Gasteiger partial charge in [0.15, 0.2) is 0 Å². The van der Waals surface area contributed by atoms with Gasteiger partial charge in [-0.1, -0.05) is 0 Å². The molecular formula is C15H19N5O2. The number of aromatic nitrogens is 3. The monoisotopic (exact) mass is 301 g/mol. The molecule has 0 atom stereocenters. The van der Waals surface area contributed by atoms with Crippen molar-refractivity contribution in [2.45, 2.75) is 33.4 Å². The molecule has 116 valence electrons. The summed E-state index contributed by atoms with van der Waals surface area (Å²) in [4.78, 5) is 25.1. The SMILES string of the molecule is Cc1[nH]c(CN2CCc3nc(N)ncc3C2)c(C)c1C(=O)O. The van der Waals surface area contributed by atoms with Crippen molar-refractivity contribution in [1.29, 1.82) is 0 Å². The third-order valence-electron chi connectivity index (χ3n) is 4.17. The highest BCUT2D eigenvalue weighted by molar-refractivity contribution is 5.91. The molecule has 1 aliphatic rings. The fourth-order valence-electron chi connectivity index (χ4n) is 3.04. The van der Waals surface area contributed by atoms with E-state index in [0.717, 1.165) is 42.0 Å². The van der Waals surface area contributed by atoms with E-state index in [0.29, 0.717) is 23.8 Å². The molecule has 0 saturated heterocycles. The van der Waals surface area contributed by atoms with Crippen LogP contribution in [0.3, 0.4) is 0 Å². The zero-order valence-electron chi connectivity index (χ0n) is 12.7. The van der Waals surface area contributed by atoms with E-state index in [2.05, 4.69) is 19.9 Å². The number of carboxylic acid groups (broad SMARTS) is 1. The molecular weight excluding hydrogens is 282 g/mol. The number of carbonyl (C=O) groups is 1. The molecule has 1 aliphatic heterocycles. The molecule has 0 bridgehead atoms. The summed E-state index contributed by atoms with van der Waals surface area (Å²) < 4.78 is 0. The smallest absolute Gasteiger partial charge is 0.337 e. The highest BCUT2D eigenvalue weighted by Gasteiger charge is 2.22. The number of nitrogens with zero attached hydrogens (tertiary/aromatic N) is 3. The van der Waals surface area contributed by atoms with E-state index in [9.17, 15) is 9.90 Å². The fourth-order valence-corrected chi connectivity index (χ4v) is 3.04. The summed E-state index contributed by atoms with van der Waals surface area (Å²) in [6.45, 7) is 5.94. The summed E-state index contributed by atoms with van der Waals surface area (Å²) in [5.74, 6) is -0.570. The Hall–Kier alpha value is -2.41. The van der Waals surface area contributed by atoms with Crippen molar-refractivity contribution in [2.75, 3.05) is 12.3 Å². The molecule has 2 aromatic rings. The Labute approximate surface area is 128 Å². The number of nitrogen functional groups attached to an aromatic ring is 1. The van der Waals surface area contributed by atoms with E-state index < -0.39 is 5.97 Å². The molecule has 4 N–H and O–H groups in total. The average Bonchev–Trinajstić information content (AvgIpc) is 2.73. The average molecular weight is 301 g/mol. The first-order valence-corrected chi connectivity index (χ1v) is 7.19. The lowest BCUT2D eigenvalue weighted by molar-refractivity contribution is 0.0695. The molecule has 22 heavy (non-hydrogen) atoms. The highest BCUT2D eigenvalue weighted by Crippen LogP contribution is 2.23. The first-order chi connectivity index (χ1) is 10.5. The molecule has 2 aromatic heterocycles.